The first kappa shape index (κ1) is 21.3. The van der Waals surface area contributed by atoms with Crippen molar-refractivity contribution >= 4 is 49.8 Å². The van der Waals surface area contributed by atoms with Crippen LogP contribution in [0.3, 0.4) is 0 Å². The molecule has 1 aromatic heterocycles. The Morgan fingerprint density at radius 1 is 1.14 bits per heavy atom. The standard InChI is InChI=1S/C19H20N4O3S3/c1-3-11-27-19-22-21-18(28-19)20-17(24)14-10-9-13(2)16(12-14)23-29(25,26)15-7-5-4-6-8-15/h4-10,12,23H,3,11H2,1-2H3,(H,20,21,24). The summed E-state index contributed by atoms with van der Waals surface area (Å²) in [6.45, 7) is 3.85. The van der Waals surface area contributed by atoms with Gasteiger partial charge >= 0.3 is 0 Å². The topological polar surface area (TPSA) is 101 Å². The Kier molecular flexibility index (Phi) is 6.88. The van der Waals surface area contributed by atoms with Gasteiger partial charge in [0.2, 0.25) is 5.13 Å². The normalized spacial score (nSPS) is 11.2. The summed E-state index contributed by atoms with van der Waals surface area (Å²) >= 11 is 2.90. The molecule has 1 amide bonds. The van der Waals surface area contributed by atoms with Crippen LogP contribution in [0.1, 0.15) is 29.3 Å². The maximum Gasteiger partial charge on any atom is 0.261 e. The Labute approximate surface area is 178 Å². The molecule has 2 N–H and O–H groups in total. The molecule has 3 rings (SSSR count). The SMILES string of the molecule is CCCSc1nnc(NC(=O)c2ccc(C)c(NS(=O)(=O)c3ccccc3)c2)s1. The molecule has 0 fully saturated rings. The number of carbonyl (C=O) groups is 1. The Balaban J connectivity index is 1.76. The highest BCUT2D eigenvalue weighted by molar-refractivity contribution is 8.01. The Bertz CT molecular complexity index is 1100. The van der Waals surface area contributed by atoms with E-state index < -0.39 is 10.0 Å². The van der Waals surface area contributed by atoms with Gasteiger partial charge < -0.3 is 0 Å². The van der Waals surface area contributed by atoms with Crippen LogP contribution in [0.25, 0.3) is 0 Å². The lowest BCUT2D eigenvalue weighted by Gasteiger charge is -2.12. The van der Waals surface area contributed by atoms with Crippen molar-refractivity contribution in [3.63, 3.8) is 0 Å². The minimum absolute atomic E-state index is 0.153. The molecule has 7 nitrogen and oxygen atoms in total. The molecule has 2 aromatic carbocycles. The third-order valence-electron chi connectivity index (χ3n) is 3.85. The molecule has 0 bridgehead atoms. The second kappa shape index (κ2) is 9.38. The predicted molar refractivity (Wildman–Crippen MR) is 117 cm³/mol. The fourth-order valence-corrected chi connectivity index (χ4v) is 5.17. The van der Waals surface area contributed by atoms with Crippen LogP contribution in [0.5, 0.6) is 0 Å². The molecular weight excluding hydrogens is 428 g/mol. The van der Waals surface area contributed by atoms with Crippen molar-refractivity contribution in [2.75, 3.05) is 15.8 Å². The molecule has 0 radical (unpaired) electrons. The van der Waals surface area contributed by atoms with Gasteiger partial charge in [0, 0.05) is 11.3 Å². The third kappa shape index (κ3) is 5.55. The van der Waals surface area contributed by atoms with Gasteiger partial charge in [-0.25, -0.2) is 8.42 Å². The van der Waals surface area contributed by atoms with E-state index in [0.29, 0.717) is 21.9 Å². The molecule has 0 aliphatic heterocycles. The number of sulfonamides is 1. The first-order valence-electron chi connectivity index (χ1n) is 8.85. The van der Waals surface area contributed by atoms with E-state index in [1.54, 1.807) is 49.0 Å². The van der Waals surface area contributed by atoms with Crippen molar-refractivity contribution in [1.29, 1.82) is 0 Å². The maximum atomic E-state index is 12.6. The summed E-state index contributed by atoms with van der Waals surface area (Å²) in [6.07, 6.45) is 1.02. The van der Waals surface area contributed by atoms with Gasteiger partial charge in [0.1, 0.15) is 0 Å². The van der Waals surface area contributed by atoms with Crippen molar-refractivity contribution < 1.29 is 13.2 Å². The number of carbonyl (C=O) groups excluding carboxylic acids is 1. The average Bonchev–Trinajstić information content (AvgIpc) is 3.15. The Morgan fingerprint density at radius 3 is 2.62 bits per heavy atom. The first-order valence-corrected chi connectivity index (χ1v) is 12.1. The molecule has 10 heteroatoms. The average molecular weight is 449 g/mol. The van der Waals surface area contributed by atoms with Gasteiger partial charge in [0.15, 0.2) is 4.34 Å². The van der Waals surface area contributed by atoms with Gasteiger partial charge in [-0.05, 0) is 43.2 Å². The minimum atomic E-state index is -3.75. The number of hydrogen-bond acceptors (Lipinski definition) is 7. The summed E-state index contributed by atoms with van der Waals surface area (Å²) in [5, 5.41) is 11.1. The van der Waals surface area contributed by atoms with Crippen LogP contribution < -0.4 is 10.0 Å². The molecule has 0 aliphatic rings. The van der Waals surface area contributed by atoms with Crippen molar-refractivity contribution in [3.05, 3.63) is 59.7 Å². The number of nitrogens with zero attached hydrogens (tertiary/aromatic N) is 2. The van der Waals surface area contributed by atoms with E-state index in [-0.39, 0.29) is 10.8 Å². The Hall–Kier alpha value is -2.43. The minimum Gasteiger partial charge on any atom is -0.296 e. The van der Waals surface area contributed by atoms with Crippen molar-refractivity contribution in [2.45, 2.75) is 29.5 Å². The van der Waals surface area contributed by atoms with Crippen molar-refractivity contribution in [1.82, 2.24) is 10.2 Å². The van der Waals surface area contributed by atoms with Gasteiger partial charge in [-0.2, -0.15) is 0 Å². The molecule has 3 aromatic rings. The number of aromatic nitrogens is 2. The summed E-state index contributed by atoms with van der Waals surface area (Å²) in [6, 6.07) is 12.9. The van der Waals surface area contributed by atoms with Crippen LogP contribution in [0.4, 0.5) is 10.8 Å². The fraction of sp³-hybridized carbons (Fsp3) is 0.211. The van der Waals surface area contributed by atoms with E-state index in [2.05, 4.69) is 27.2 Å². The van der Waals surface area contributed by atoms with Gasteiger partial charge in [0.05, 0.1) is 10.6 Å². The lowest BCUT2D eigenvalue weighted by molar-refractivity contribution is 0.102. The lowest BCUT2D eigenvalue weighted by atomic mass is 10.1. The van der Waals surface area contributed by atoms with Gasteiger partial charge in [0.25, 0.3) is 15.9 Å². The highest BCUT2D eigenvalue weighted by atomic mass is 32.2. The van der Waals surface area contributed by atoms with Crippen LogP contribution in [0.2, 0.25) is 0 Å². The van der Waals surface area contributed by atoms with Gasteiger partial charge in [-0.15, -0.1) is 10.2 Å². The highest BCUT2D eigenvalue weighted by Gasteiger charge is 2.17. The number of benzene rings is 2. The lowest BCUT2D eigenvalue weighted by Crippen LogP contribution is -2.16. The van der Waals surface area contributed by atoms with Gasteiger partial charge in [-0.1, -0.05) is 54.3 Å². The van der Waals surface area contributed by atoms with Crippen molar-refractivity contribution in [2.24, 2.45) is 0 Å². The Morgan fingerprint density at radius 2 is 1.90 bits per heavy atom. The molecule has 0 spiro atoms. The number of anilines is 2. The number of nitrogens with one attached hydrogen (secondary N) is 2. The summed E-state index contributed by atoms with van der Waals surface area (Å²) in [5.74, 6) is 0.555. The molecule has 0 aliphatic carbocycles. The van der Waals surface area contributed by atoms with Gasteiger partial charge in [-0.3, -0.25) is 14.8 Å². The summed E-state index contributed by atoms with van der Waals surface area (Å²) in [4.78, 5) is 12.7. The maximum absolute atomic E-state index is 12.6. The van der Waals surface area contributed by atoms with E-state index in [0.717, 1.165) is 16.5 Å². The predicted octanol–water partition coefficient (Wildman–Crippen LogP) is 4.40. The van der Waals surface area contributed by atoms with E-state index in [9.17, 15) is 13.2 Å². The molecule has 0 saturated heterocycles. The molecule has 152 valence electrons. The zero-order chi connectivity index (χ0) is 20.9. The van der Waals surface area contributed by atoms with E-state index in [4.69, 9.17) is 0 Å². The van der Waals surface area contributed by atoms with Crippen molar-refractivity contribution in [3.8, 4) is 0 Å². The summed E-state index contributed by atoms with van der Waals surface area (Å²) < 4.78 is 28.5. The zero-order valence-corrected chi connectivity index (χ0v) is 18.3. The van der Waals surface area contributed by atoms with E-state index in [1.165, 1.54) is 29.5 Å². The molecule has 0 unspecified atom stereocenters. The number of amides is 1. The molecular formula is C19H20N4O3S3. The quantitative estimate of drug-likeness (QED) is 0.391. The summed E-state index contributed by atoms with van der Waals surface area (Å²) in [7, 11) is -3.75. The van der Waals surface area contributed by atoms with Crippen LogP contribution >= 0.6 is 23.1 Å². The number of thioether (sulfide) groups is 1. The largest absolute Gasteiger partial charge is 0.296 e. The second-order valence-corrected chi connectivity index (χ2v) is 10.1. The fourth-order valence-electron chi connectivity index (χ4n) is 2.35. The first-order chi connectivity index (χ1) is 13.9. The molecule has 0 atom stereocenters. The number of hydrogen-bond donors (Lipinski definition) is 2. The third-order valence-corrected chi connectivity index (χ3v) is 7.41. The molecule has 1 heterocycles. The highest BCUT2D eigenvalue weighted by Crippen LogP contribution is 2.27. The number of aryl methyl sites for hydroxylation is 1. The molecule has 0 saturated carbocycles. The summed E-state index contributed by atoms with van der Waals surface area (Å²) in [5.41, 5.74) is 1.37. The zero-order valence-electron chi connectivity index (χ0n) is 15.9. The smallest absolute Gasteiger partial charge is 0.261 e. The van der Waals surface area contributed by atoms with Crippen LogP contribution in [-0.2, 0) is 10.0 Å². The van der Waals surface area contributed by atoms with Crippen LogP contribution in [0, 0.1) is 6.92 Å². The van der Waals surface area contributed by atoms with Crippen LogP contribution in [-0.4, -0.2) is 30.3 Å². The molecule has 29 heavy (non-hydrogen) atoms. The van der Waals surface area contributed by atoms with Crippen LogP contribution in [0.15, 0.2) is 57.8 Å². The number of rotatable bonds is 8. The second-order valence-electron chi connectivity index (χ2n) is 6.12. The van der Waals surface area contributed by atoms with E-state index >= 15 is 0 Å². The van der Waals surface area contributed by atoms with E-state index in [1.807, 2.05) is 0 Å². The monoisotopic (exact) mass is 448 g/mol.